The standard InChI is InChI=1S/C17H34N2O2/c1-6-21-16(20)17(4,18-14(2)3)11-8-12-19(5)13-15-9-7-10-15/h14-15,18H,6-13H2,1-5H3. The second-order valence-electron chi connectivity index (χ2n) is 7.01. The Morgan fingerprint density at radius 3 is 2.57 bits per heavy atom. The van der Waals surface area contributed by atoms with E-state index in [2.05, 4.69) is 31.1 Å². The molecule has 0 aromatic rings. The lowest BCUT2D eigenvalue weighted by molar-refractivity contribution is -0.151. The van der Waals surface area contributed by atoms with Crippen LogP contribution >= 0.6 is 0 Å². The van der Waals surface area contributed by atoms with E-state index in [1.54, 1.807) is 0 Å². The average molecular weight is 298 g/mol. The van der Waals surface area contributed by atoms with Crippen LogP contribution in [0.4, 0.5) is 0 Å². The van der Waals surface area contributed by atoms with Crippen molar-refractivity contribution in [2.45, 2.75) is 71.4 Å². The Balaban J connectivity index is 2.38. The number of hydrogen-bond donors (Lipinski definition) is 1. The molecule has 0 radical (unpaired) electrons. The molecule has 0 spiro atoms. The zero-order valence-corrected chi connectivity index (χ0v) is 14.6. The molecular formula is C17H34N2O2. The van der Waals surface area contributed by atoms with Crippen LogP contribution in [0.1, 0.15) is 59.8 Å². The summed E-state index contributed by atoms with van der Waals surface area (Å²) in [6.07, 6.45) is 6.01. The molecule has 1 aliphatic carbocycles. The highest BCUT2D eigenvalue weighted by Gasteiger charge is 2.34. The molecule has 21 heavy (non-hydrogen) atoms. The molecule has 0 heterocycles. The highest BCUT2D eigenvalue weighted by atomic mass is 16.5. The first-order chi connectivity index (χ1) is 9.87. The Morgan fingerprint density at radius 2 is 2.10 bits per heavy atom. The lowest BCUT2D eigenvalue weighted by Crippen LogP contribution is -2.53. The summed E-state index contributed by atoms with van der Waals surface area (Å²) in [5, 5.41) is 3.38. The summed E-state index contributed by atoms with van der Waals surface area (Å²) in [7, 11) is 2.19. The van der Waals surface area contributed by atoms with Crippen LogP contribution in [-0.4, -0.2) is 49.2 Å². The Morgan fingerprint density at radius 1 is 1.43 bits per heavy atom. The van der Waals surface area contributed by atoms with Gasteiger partial charge in [0, 0.05) is 12.6 Å². The maximum Gasteiger partial charge on any atom is 0.326 e. The molecule has 124 valence electrons. The number of carbonyl (C=O) groups excluding carboxylic acids is 1. The van der Waals surface area contributed by atoms with Crippen LogP contribution in [0.2, 0.25) is 0 Å². The smallest absolute Gasteiger partial charge is 0.326 e. The first-order valence-corrected chi connectivity index (χ1v) is 8.51. The van der Waals surface area contributed by atoms with Crippen molar-refractivity contribution in [2.75, 3.05) is 26.7 Å². The second kappa shape index (κ2) is 8.74. The second-order valence-corrected chi connectivity index (χ2v) is 7.01. The SMILES string of the molecule is CCOC(=O)C(C)(CCCN(C)CC1CCC1)NC(C)C. The zero-order chi connectivity index (χ0) is 15.9. The number of ether oxygens (including phenoxy) is 1. The topological polar surface area (TPSA) is 41.6 Å². The quantitative estimate of drug-likeness (QED) is 0.630. The summed E-state index contributed by atoms with van der Waals surface area (Å²) < 4.78 is 5.24. The predicted molar refractivity (Wildman–Crippen MR) is 87.4 cm³/mol. The number of hydrogen-bond acceptors (Lipinski definition) is 4. The van der Waals surface area contributed by atoms with E-state index in [1.807, 2.05) is 13.8 Å². The third-order valence-electron chi connectivity index (χ3n) is 4.34. The van der Waals surface area contributed by atoms with E-state index in [0.717, 1.165) is 25.3 Å². The molecule has 1 aliphatic rings. The van der Waals surface area contributed by atoms with Gasteiger partial charge in [0.05, 0.1) is 6.61 Å². The van der Waals surface area contributed by atoms with Crippen LogP contribution in [0.3, 0.4) is 0 Å². The molecule has 0 aliphatic heterocycles. The van der Waals surface area contributed by atoms with Gasteiger partial charge in [0.25, 0.3) is 0 Å². The summed E-state index contributed by atoms with van der Waals surface area (Å²) in [6.45, 7) is 10.7. The molecular weight excluding hydrogens is 264 g/mol. The highest BCUT2D eigenvalue weighted by Crippen LogP contribution is 2.27. The van der Waals surface area contributed by atoms with Crippen molar-refractivity contribution < 1.29 is 9.53 Å². The monoisotopic (exact) mass is 298 g/mol. The van der Waals surface area contributed by atoms with Gasteiger partial charge in [-0.15, -0.1) is 0 Å². The van der Waals surface area contributed by atoms with Gasteiger partial charge in [-0.1, -0.05) is 6.42 Å². The molecule has 0 saturated heterocycles. The Kier molecular flexibility index (Phi) is 7.67. The van der Waals surface area contributed by atoms with E-state index in [9.17, 15) is 4.79 Å². The average Bonchev–Trinajstić information content (AvgIpc) is 2.33. The lowest BCUT2D eigenvalue weighted by atomic mass is 9.85. The Bertz CT molecular complexity index is 316. The molecule has 0 bridgehead atoms. The van der Waals surface area contributed by atoms with Crippen LogP contribution in [0, 0.1) is 5.92 Å². The summed E-state index contributed by atoms with van der Waals surface area (Å²) in [5.74, 6) is 0.778. The molecule has 1 atom stereocenters. The maximum atomic E-state index is 12.2. The minimum Gasteiger partial charge on any atom is -0.465 e. The van der Waals surface area contributed by atoms with Crippen LogP contribution < -0.4 is 5.32 Å². The van der Waals surface area contributed by atoms with Gasteiger partial charge < -0.3 is 9.64 Å². The van der Waals surface area contributed by atoms with E-state index < -0.39 is 5.54 Å². The number of rotatable bonds is 10. The van der Waals surface area contributed by atoms with Crippen molar-refractivity contribution in [3.63, 3.8) is 0 Å². The molecule has 1 saturated carbocycles. The summed E-state index contributed by atoms with van der Waals surface area (Å²) in [5.41, 5.74) is -0.568. The Labute approximate surface area is 130 Å². The van der Waals surface area contributed by atoms with Gasteiger partial charge in [0.1, 0.15) is 5.54 Å². The molecule has 0 aromatic heterocycles. The number of nitrogens with zero attached hydrogens (tertiary/aromatic N) is 1. The van der Waals surface area contributed by atoms with E-state index in [-0.39, 0.29) is 12.0 Å². The van der Waals surface area contributed by atoms with Crippen molar-refractivity contribution in [3.05, 3.63) is 0 Å². The van der Waals surface area contributed by atoms with E-state index in [4.69, 9.17) is 4.74 Å². The molecule has 0 amide bonds. The fraction of sp³-hybridized carbons (Fsp3) is 0.941. The molecule has 1 fully saturated rings. The zero-order valence-electron chi connectivity index (χ0n) is 14.6. The van der Waals surface area contributed by atoms with Crippen LogP contribution in [0.25, 0.3) is 0 Å². The van der Waals surface area contributed by atoms with Gasteiger partial charge >= 0.3 is 5.97 Å². The van der Waals surface area contributed by atoms with E-state index in [0.29, 0.717) is 6.61 Å². The van der Waals surface area contributed by atoms with Gasteiger partial charge in [-0.2, -0.15) is 0 Å². The van der Waals surface area contributed by atoms with Gasteiger partial charge in [-0.05, 0) is 72.9 Å². The fourth-order valence-electron chi connectivity index (χ4n) is 3.07. The molecule has 1 rings (SSSR count). The number of carbonyl (C=O) groups is 1. The third kappa shape index (κ3) is 6.35. The van der Waals surface area contributed by atoms with Gasteiger partial charge in [-0.25, -0.2) is 0 Å². The molecule has 4 nitrogen and oxygen atoms in total. The highest BCUT2D eigenvalue weighted by molar-refractivity contribution is 5.80. The van der Waals surface area contributed by atoms with Crippen molar-refractivity contribution in [1.82, 2.24) is 10.2 Å². The van der Waals surface area contributed by atoms with Gasteiger partial charge in [0.2, 0.25) is 0 Å². The minimum atomic E-state index is -0.568. The maximum absolute atomic E-state index is 12.2. The predicted octanol–water partition coefficient (Wildman–Crippen LogP) is 2.82. The fourth-order valence-corrected chi connectivity index (χ4v) is 3.07. The molecule has 4 heteroatoms. The van der Waals surface area contributed by atoms with E-state index >= 15 is 0 Å². The lowest BCUT2D eigenvalue weighted by Gasteiger charge is -2.33. The minimum absolute atomic E-state index is 0.125. The third-order valence-corrected chi connectivity index (χ3v) is 4.34. The molecule has 1 N–H and O–H groups in total. The molecule has 0 aromatic carbocycles. The first-order valence-electron chi connectivity index (χ1n) is 8.51. The van der Waals surface area contributed by atoms with Crippen LogP contribution in [0.15, 0.2) is 0 Å². The summed E-state index contributed by atoms with van der Waals surface area (Å²) in [6, 6.07) is 0.270. The number of esters is 1. The van der Waals surface area contributed by atoms with Gasteiger partial charge in [0.15, 0.2) is 0 Å². The number of nitrogens with one attached hydrogen (secondary N) is 1. The van der Waals surface area contributed by atoms with Gasteiger partial charge in [-0.3, -0.25) is 10.1 Å². The van der Waals surface area contributed by atoms with Crippen LogP contribution in [-0.2, 0) is 9.53 Å². The summed E-state index contributed by atoms with van der Waals surface area (Å²) in [4.78, 5) is 14.6. The normalized spacial score (nSPS) is 18.6. The van der Waals surface area contributed by atoms with E-state index in [1.165, 1.54) is 25.8 Å². The largest absolute Gasteiger partial charge is 0.465 e. The van der Waals surface area contributed by atoms with Crippen LogP contribution in [0.5, 0.6) is 0 Å². The van der Waals surface area contributed by atoms with Crippen molar-refractivity contribution in [3.8, 4) is 0 Å². The van der Waals surface area contributed by atoms with Crippen molar-refractivity contribution in [1.29, 1.82) is 0 Å². The first kappa shape index (κ1) is 18.4. The van der Waals surface area contributed by atoms with Crippen molar-refractivity contribution in [2.24, 2.45) is 5.92 Å². The summed E-state index contributed by atoms with van der Waals surface area (Å²) >= 11 is 0. The van der Waals surface area contributed by atoms with Crippen molar-refractivity contribution >= 4 is 5.97 Å². The molecule has 1 unspecified atom stereocenters. The Hall–Kier alpha value is -0.610.